The van der Waals surface area contributed by atoms with Gasteiger partial charge in [0.25, 0.3) is 0 Å². The lowest BCUT2D eigenvalue weighted by Crippen LogP contribution is -2.35. The number of ether oxygens (including phenoxy) is 1. The second kappa shape index (κ2) is 7.61. The zero-order valence-corrected chi connectivity index (χ0v) is 13.0. The van der Waals surface area contributed by atoms with E-state index in [1.165, 1.54) is 0 Å². The van der Waals surface area contributed by atoms with Crippen molar-refractivity contribution in [1.29, 1.82) is 0 Å². The number of rotatable bonds is 6. The highest BCUT2D eigenvalue weighted by Gasteiger charge is 2.14. The first-order valence-corrected chi connectivity index (χ1v) is 7.33. The molecule has 4 heteroatoms. The van der Waals surface area contributed by atoms with Crippen molar-refractivity contribution in [1.82, 2.24) is 5.32 Å². The molecule has 2 aromatic rings. The average Bonchev–Trinajstić information content (AvgIpc) is 2.55. The van der Waals surface area contributed by atoms with Crippen molar-refractivity contribution >= 4 is 5.91 Å². The van der Waals surface area contributed by atoms with Gasteiger partial charge in [0, 0.05) is 6.54 Å². The number of methoxy groups -OCH3 is 1. The van der Waals surface area contributed by atoms with E-state index in [-0.39, 0.29) is 5.91 Å². The van der Waals surface area contributed by atoms with Crippen LogP contribution in [0.2, 0.25) is 0 Å². The summed E-state index contributed by atoms with van der Waals surface area (Å²) in [7, 11) is 1.64. The molecule has 0 fully saturated rings. The Balaban J connectivity index is 1.85. The van der Waals surface area contributed by atoms with Gasteiger partial charge in [-0.15, -0.1) is 0 Å². The molecule has 22 heavy (non-hydrogen) atoms. The Kier molecular flexibility index (Phi) is 5.55. The first-order valence-electron chi connectivity index (χ1n) is 7.33. The second-order valence-corrected chi connectivity index (χ2v) is 5.28. The molecule has 0 heterocycles. The van der Waals surface area contributed by atoms with Crippen molar-refractivity contribution in [3.63, 3.8) is 0 Å². The molecule has 1 atom stereocenters. The molecule has 0 aliphatic rings. The molecule has 116 valence electrons. The van der Waals surface area contributed by atoms with E-state index in [1.807, 2.05) is 55.5 Å². The summed E-state index contributed by atoms with van der Waals surface area (Å²) in [5.74, 6) is 0.659. The monoisotopic (exact) mass is 298 g/mol. The predicted molar refractivity (Wildman–Crippen MR) is 87.8 cm³/mol. The minimum absolute atomic E-state index is 0.160. The van der Waals surface area contributed by atoms with Gasteiger partial charge in [0.15, 0.2) is 0 Å². The van der Waals surface area contributed by atoms with E-state index in [0.29, 0.717) is 6.54 Å². The maximum atomic E-state index is 12.1. The summed E-state index contributed by atoms with van der Waals surface area (Å²) in [4.78, 5) is 12.1. The lowest BCUT2D eigenvalue weighted by molar-refractivity contribution is -0.122. The van der Waals surface area contributed by atoms with E-state index in [2.05, 4.69) is 5.32 Å². The molecule has 4 nitrogen and oxygen atoms in total. The van der Waals surface area contributed by atoms with Gasteiger partial charge < -0.3 is 15.8 Å². The van der Waals surface area contributed by atoms with Crippen molar-refractivity contribution in [2.24, 2.45) is 5.73 Å². The normalized spacial score (nSPS) is 11.8. The van der Waals surface area contributed by atoms with Crippen molar-refractivity contribution in [3.05, 3.63) is 65.2 Å². The first kappa shape index (κ1) is 16.0. The van der Waals surface area contributed by atoms with E-state index < -0.39 is 6.04 Å². The Hall–Kier alpha value is -2.33. The molecule has 3 N–H and O–H groups in total. The number of benzene rings is 2. The van der Waals surface area contributed by atoms with Gasteiger partial charge in [-0.2, -0.15) is 0 Å². The smallest absolute Gasteiger partial charge is 0.241 e. The molecule has 2 aromatic carbocycles. The van der Waals surface area contributed by atoms with Crippen molar-refractivity contribution < 1.29 is 9.53 Å². The topological polar surface area (TPSA) is 64.3 Å². The van der Waals surface area contributed by atoms with Gasteiger partial charge in [-0.25, -0.2) is 0 Å². The van der Waals surface area contributed by atoms with E-state index in [4.69, 9.17) is 10.5 Å². The van der Waals surface area contributed by atoms with Crippen LogP contribution < -0.4 is 15.8 Å². The fourth-order valence-electron chi connectivity index (χ4n) is 2.19. The summed E-state index contributed by atoms with van der Waals surface area (Å²) in [6.07, 6.45) is 0.740. The van der Waals surface area contributed by atoms with E-state index in [0.717, 1.165) is 28.9 Å². The molecule has 0 radical (unpaired) electrons. The fraction of sp³-hybridized carbons (Fsp3) is 0.278. The van der Waals surface area contributed by atoms with Crippen LogP contribution in [0.25, 0.3) is 0 Å². The Labute approximate surface area is 131 Å². The zero-order valence-electron chi connectivity index (χ0n) is 13.0. The number of amides is 1. The lowest BCUT2D eigenvalue weighted by atomic mass is 10.1. The molecule has 0 saturated heterocycles. The standard InChI is InChI=1S/C18H22N2O2/c1-13-6-8-15(9-7-13)17(19)18(21)20-11-10-14-4-3-5-16(12-14)22-2/h3-9,12,17H,10-11,19H2,1-2H3,(H,20,21). The van der Waals surface area contributed by atoms with Gasteiger partial charge in [0.05, 0.1) is 7.11 Å². The van der Waals surface area contributed by atoms with Gasteiger partial charge in [0.2, 0.25) is 5.91 Å². The predicted octanol–water partition coefficient (Wildman–Crippen LogP) is 2.36. The van der Waals surface area contributed by atoms with E-state index in [9.17, 15) is 4.79 Å². The molecule has 0 aliphatic carbocycles. The third kappa shape index (κ3) is 4.33. The summed E-state index contributed by atoms with van der Waals surface area (Å²) in [6.45, 7) is 2.55. The number of nitrogens with two attached hydrogens (primary N) is 1. The van der Waals surface area contributed by atoms with Crippen molar-refractivity contribution in [3.8, 4) is 5.75 Å². The molecule has 1 unspecified atom stereocenters. The summed E-state index contributed by atoms with van der Waals surface area (Å²) in [5.41, 5.74) is 9.07. The second-order valence-electron chi connectivity index (χ2n) is 5.28. The number of hydrogen-bond donors (Lipinski definition) is 2. The van der Waals surface area contributed by atoms with E-state index >= 15 is 0 Å². The molecule has 0 aliphatic heterocycles. The number of aryl methyl sites for hydroxylation is 1. The highest BCUT2D eigenvalue weighted by Crippen LogP contribution is 2.13. The van der Waals surface area contributed by atoms with Crippen LogP contribution in [-0.2, 0) is 11.2 Å². The number of carbonyl (C=O) groups excluding carboxylic acids is 1. The highest BCUT2D eigenvalue weighted by atomic mass is 16.5. The molecular weight excluding hydrogens is 276 g/mol. The SMILES string of the molecule is COc1cccc(CCNC(=O)C(N)c2ccc(C)cc2)c1. The largest absolute Gasteiger partial charge is 0.497 e. The summed E-state index contributed by atoms with van der Waals surface area (Å²) in [5, 5.41) is 2.88. The molecule has 0 saturated carbocycles. The molecule has 0 spiro atoms. The Morgan fingerprint density at radius 1 is 1.23 bits per heavy atom. The minimum atomic E-state index is -0.633. The maximum Gasteiger partial charge on any atom is 0.241 e. The Morgan fingerprint density at radius 3 is 2.64 bits per heavy atom. The number of nitrogens with one attached hydrogen (secondary N) is 1. The third-order valence-electron chi connectivity index (χ3n) is 3.57. The third-order valence-corrected chi connectivity index (χ3v) is 3.57. The summed E-state index contributed by atoms with van der Waals surface area (Å²) >= 11 is 0. The van der Waals surface area contributed by atoms with Gasteiger partial charge in [-0.05, 0) is 36.6 Å². The molecular formula is C18H22N2O2. The van der Waals surface area contributed by atoms with Crippen LogP contribution in [0.15, 0.2) is 48.5 Å². The molecule has 0 bridgehead atoms. The van der Waals surface area contributed by atoms with Crippen LogP contribution >= 0.6 is 0 Å². The lowest BCUT2D eigenvalue weighted by Gasteiger charge is -2.13. The first-order chi connectivity index (χ1) is 10.6. The van der Waals surface area contributed by atoms with Gasteiger partial charge >= 0.3 is 0 Å². The average molecular weight is 298 g/mol. The Morgan fingerprint density at radius 2 is 1.95 bits per heavy atom. The summed E-state index contributed by atoms with van der Waals surface area (Å²) < 4.78 is 5.18. The molecule has 1 amide bonds. The van der Waals surface area contributed by atoms with Crippen LogP contribution in [-0.4, -0.2) is 19.6 Å². The maximum absolute atomic E-state index is 12.1. The molecule has 2 rings (SSSR count). The van der Waals surface area contributed by atoms with Crippen LogP contribution in [0.1, 0.15) is 22.7 Å². The van der Waals surface area contributed by atoms with Crippen LogP contribution in [0.5, 0.6) is 5.75 Å². The van der Waals surface area contributed by atoms with Gasteiger partial charge in [0.1, 0.15) is 11.8 Å². The van der Waals surface area contributed by atoms with E-state index in [1.54, 1.807) is 7.11 Å². The Bertz CT molecular complexity index is 623. The van der Waals surface area contributed by atoms with Crippen molar-refractivity contribution in [2.45, 2.75) is 19.4 Å². The van der Waals surface area contributed by atoms with Crippen LogP contribution in [0.4, 0.5) is 0 Å². The number of hydrogen-bond acceptors (Lipinski definition) is 3. The number of carbonyl (C=O) groups is 1. The fourth-order valence-corrected chi connectivity index (χ4v) is 2.19. The quantitative estimate of drug-likeness (QED) is 0.860. The van der Waals surface area contributed by atoms with Gasteiger partial charge in [-0.3, -0.25) is 4.79 Å². The van der Waals surface area contributed by atoms with Gasteiger partial charge in [-0.1, -0.05) is 42.0 Å². The summed E-state index contributed by atoms with van der Waals surface area (Å²) in [6, 6.07) is 14.9. The highest BCUT2D eigenvalue weighted by molar-refractivity contribution is 5.82. The van der Waals surface area contributed by atoms with Crippen LogP contribution in [0, 0.1) is 6.92 Å². The minimum Gasteiger partial charge on any atom is -0.497 e. The molecule has 0 aromatic heterocycles. The van der Waals surface area contributed by atoms with Crippen molar-refractivity contribution in [2.75, 3.05) is 13.7 Å². The zero-order chi connectivity index (χ0) is 15.9. The van der Waals surface area contributed by atoms with Crippen LogP contribution in [0.3, 0.4) is 0 Å².